The van der Waals surface area contributed by atoms with E-state index in [4.69, 9.17) is 5.26 Å². The molecule has 0 unspecified atom stereocenters. The van der Waals surface area contributed by atoms with E-state index in [9.17, 15) is 0 Å². The third-order valence-corrected chi connectivity index (χ3v) is 3.63. The quantitative estimate of drug-likeness (QED) is 0.723. The Morgan fingerprint density at radius 1 is 1.10 bits per heavy atom. The van der Waals surface area contributed by atoms with E-state index in [0.717, 1.165) is 5.56 Å². The summed E-state index contributed by atoms with van der Waals surface area (Å²) in [5.41, 5.74) is 5.64. The molecule has 0 spiro atoms. The van der Waals surface area contributed by atoms with Gasteiger partial charge in [0.2, 0.25) is 5.69 Å². The number of hydrogen-bond acceptors (Lipinski definition) is 1. The minimum Gasteiger partial charge on any atom is -0.201 e. The molecule has 102 valence electrons. The summed E-state index contributed by atoms with van der Waals surface area (Å²) < 4.78 is 2.16. The normalized spacial score (nSPS) is 11.2. The van der Waals surface area contributed by atoms with Crippen LogP contribution in [-0.2, 0) is 12.5 Å². The Bertz CT molecular complexity index is 686. The molecule has 2 aromatic rings. The van der Waals surface area contributed by atoms with E-state index in [1.165, 1.54) is 16.8 Å². The Hall–Kier alpha value is -2.14. The zero-order chi connectivity index (χ0) is 14.9. The first-order valence-corrected chi connectivity index (χ1v) is 6.84. The van der Waals surface area contributed by atoms with Crippen LogP contribution in [0.5, 0.6) is 0 Å². The van der Waals surface area contributed by atoms with Crippen molar-refractivity contribution in [2.45, 2.75) is 33.1 Å². The first kappa shape index (κ1) is 14.3. The van der Waals surface area contributed by atoms with Gasteiger partial charge in [0.15, 0.2) is 6.20 Å². The third kappa shape index (κ3) is 2.72. The number of pyridine rings is 1. The fraction of sp³-hybridized carbons (Fsp3) is 0.333. The van der Waals surface area contributed by atoms with Crippen molar-refractivity contribution in [3.05, 3.63) is 53.2 Å². The van der Waals surface area contributed by atoms with Crippen molar-refractivity contribution in [2.75, 3.05) is 0 Å². The van der Waals surface area contributed by atoms with E-state index >= 15 is 0 Å². The molecule has 1 heterocycles. The molecule has 0 atom stereocenters. The van der Waals surface area contributed by atoms with E-state index in [-0.39, 0.29) is 5.41 Å². The van der Waals surface area contributed by atoms with Crippen molar-refractivity contribution in [3.63, 3.8) is 0 Å². The molecule has 0 N–H and O–H groups in total. The molecule has 0 saturated heterocycles. The Morgan fingerprint density at radius 2 is 1.80 bits per heavy atom. The molecule has 0 aliphatic heterocycles. The van der Waals surface area contributed by atoms with Gasteiger partial charge in [0, 0.05) is 17.2 Å². The van der Waals surface area contributed by atoms with Gasteiger partial charge in [-0.1, -0.05) is 20.8 Å². The van der Waals surface area contributed by atoms with Gasteiger partial charge >= 0.3 is 0 Å². The van der Waals surface area contributed by atoms with Crippen molar-refractivity contribution < 1.29 is 4.57 Å². The van der Waals surface area contributed by atoms with E-state index in [1.54, 1.807) is 0 Å². The molecule has 1 aromatic heterocycles. The lowest BCUT2D eigenvalue weighted by Crippen LogP contribution is -2.33. The summed E-state index contributed by atoms with van der Waals surface area (Å²) >= 11 is 0. The van der Waals surface area contributed by atoms with Gasteiger partial charge in [0.1, 0.15) is 7.05 Å². The topological polar surface area (TPSA) is 27.7 Å². The first-order chi connectivity index (χ1) is 9.32. The van der Waals surface area contributed by atoms with Crippen LogP contribution in [0.15, 0.2) is 36.5 Å². The zero-order valence-corrected chi connectivity index (χ0v) is 12.9. The van der Waals surface area contributed by atoms with Crippen LogP contribution >= 0.6 is 0 Å². The van der Waals surface area contributed by atoms with Gasteiger partial charge in [-0.05, 0) is 42.2 Å². The largest absolute Gasteiger partial charge is 0.212 e. The zero-order valence-electron chi connectivity index (χ0n) is 12.9. The lowest BCUT2D eigenvalue weighted by molar-refractivity contribution is -0.661. The van der Waals surface area contributed by atoms with Crippen molar-refractivity contribution in [3.8, 4) is 17.3 Å². The number of benzene rings is 1. The summed E-state index contributed by atoms with van der Waals surface area (Å²) in [6.07, 6.45) is 2.19. The molecule has 20 heavy (non-hydrogen) atoms. The third-order valence-electron chi connectivity index (χ3n) is 3.63. The maximum atomic E-state index is 8.95. The fourth-order valence-electron chi connectivity index (χ4n) is 2.35. The number of rotatable bonds is 1. The highest BCUT2D eigenvalue weighted by molar-refractivity contribution is 5.62. The van der Waals surface area contributed by atoms with Crippen LogP contribution in [0.1, 0.15) is 37.5 Å². The van der Waals surface area contributed by atoms with Gasteiger partial charge in [-0.2, -0.15) is 5.26 Å². The van der Waals surface area contributed by atoms with Crippen LogP contribution in [0.25, 0.3) is 11.3 Å². The second kappa shape index (κ2) is 5.09. The highest BCUT2D eigenvalue weighted by atomic mass is 14.9. The average molecular weight is 265 g/mol. The van der Waals surface area contributed by atoms with Gasteiger partial charge < -0.3 is 0 Å². The monoisotopic (exact) mass is 265 g/mol. The second-order valence-corrected chi connectivity index (χ2v) is 6.31. The van der Waals surface area contributed by atoms with Gasteiger partial charge in [0.25, 0.3) is 0 Å². The Labute approximate surface area is 121 Å². The molecule has 1 aromatic carbocycles. The molecule has 2 rings (SSSR count). The molecular weight excluding hydrogens is 244 g/mol. The van der Waals surface area contributed by atoms with Crippen LogP contribution < -0.4 is 4.57 Å². The van der Waals surface area contributed by atoms with Crippen LogP contribution in [0.2, 0.25) is 0 Å². The number of aromatic nitrogens is 1. The minimum absolute atomic E-state index is 0.149. The van der Waals surface area contributed by atoms with Crippen LogP contribution in [0.4, 0.5) is 0 Å². The molecule has 0 amide bonds. The highest BCUT2D eigenvalue weighted by Crippen LogP contribution is 2.25. The number of nitrogens with zero attached hydrogens (tertiary/aromatic N) is 2. The summed E-state index contributed by atoms with van der Waals surface area (Å²) in [7, 11) is 2.07. The molecule has 0 aliphatic carbocycles. The van der Waals surface area contributed by atoms with Gasteiger partial charge in [-0.15, -0.1) is 0 Å². The summed E-state index contributed by atoms with van der Waals surface area (Å²) in [6, 6.07) is 12.4. The van der Waals surface area contributed by atoms with Crippen molar-refractivity contribution >= 4 is 0 Å². The minimum atomic E-state index is 0.149. The molecule has 0 saturated carbocycles. The van der Waals surface area contributed by atoms with Crippen molar-refractivity contribution in [2.24, 2.45) is 7.05 Å². The SMILES string of the molecule is Cc1cc(C#N)ccc1-c1ccc(C(C)(C)C)c[n+]1C. The van der Waals surface area contributed by atoms with E-state index < -0.39 is 0 Å². The summed E-state index contributed by atoms with van der Waals surface area (Å²) in [5.74, 6) is 0. The maximum Gasteiger partial charge on any atom is 0.212 e. The smallest absolute Gasteiger partial charge is 0.201 e. The number of hydrogen-bond donors (Lipinski definition) is 0. The van der Waals surface area contributed by atoms with Crippen LogP contribution in [0.3, 0.4) is 0 Å². The molecular formula is C18H21N2+. The predicted molar refractivity (Wildman–Crippen MR) is 81.2 cm³/mol. The lowest BCUT2D eigenvalue weighted by Gasteiger charge is -2.17. The Balaban J connectivity index is 2.52. The molecule has 0 bridgehead atoms. The number of aryl methyl sites for hydroxylation is 2. The van der Waals surface area contributed by atoms with E-state index in [2.05, 4.69) is 56.8 Å². The maximum absolute atomic E-state index is 8.95. The van der Waals surface area contributed by atoms with E-state index in [1.807, 2.05) is 25.1 Å². The first-order valence-electron chi connectivity index (χ1n) is 6.84. The molecule has 0 radical (unpaired) electrons. The summed E-state index contributed by atoms with van der Waals surface area (Å²) in [4.78, 5) is 0. The molecule has 2 nitrogen and oxygen atoms in total. The summed E-state index contributed by atoms with van der Waals surface area (Å²) in [6.45, 7) is 8.70. The fourth-order valence-corrected chi connectivity index (χ4v) is 2.35. The average Bonchev–Trinajstić information content (AvgIpc) is 2.38. The predicted octanol–water partition coefficient (Wildman–Crippen LogP) is 3.66. The van der Waals surface area contributed by atoms with Gasteiger partial charge in [-0.25, -0.2) is 4.57 Å². The Kier molecular flexibility index (Phi) is 3.63. The van der Waals surface area contributed by atoms with Crippen molar-refractivity contribution in [1.29, 1.82) is 5.26 Å². The van der Waals surface area contributed by atoms with Gasteiger partial charge in [0.05, 0.1) is 11.6 Å². The molecule has 0 fully saturated rings. The number of nitriles is 1. The Morgan fingerprint density at radius 3 is 2.30 bits per heavy atom. The van der Waals surface area contributed by atoms with E-state index in [0.29, 0.717) is 5.56 Å². The lowest BCUT2D eigenvalue weighted by atomic mass is 9.88. The van der Waals surface area contributed by atoms with Gasteiger partial charge in [-0.3, -0.25) is 0 Å². The second-order valence-electron chi connectivity index (χ2n) is 6.31. The van der Waals surface area contributed by atoms with Crippen LogP contribution in [0, 0.1) is 18.3 Å². The van der Waals surface area contributed by atoms with Crippen molar-refractivity contribution in [1.82, 2.24) is 0 Å². The molecule has 2 heteroatoms. The summed E-state index contributed by atoms with van der Waals surface area (Å²) in [5, 5.41) is 8.95. The highest BCUT2D eigenvalue weighted by Gasteiger charge is 2.20. The standard InChI is InChI=1S/C18H21N2/c1-13-10-14(11-19)6-8-16(13)17-9-7-15(12-20(17)5)18(2,3)4/h6-10,12H,1-5H3/q+1. The van der Waals surface area contributed by atoms with Crippen LogP contribution in [-0.4, -0.2) is 0 Å². The molecule has 0 aliphatic rings.